The highest BCUT2D eigenvalue weighted by Crippen LogP contribution is 2.39. The number of aromatic amines is 1. The van der Waals surface area contributed by atoms with E-state index in [1.165, 1.54) is 11.3 Å². The maximum absolute atomic E-state index is 5.51. The number of halogens is 1. The Morgan fingerprint density at radius 3 is 2.86 bits per heavy atom. The van der Waals surface area contributed by atoms with Crippen molar-refractivity contribution in [2.24, 2.45) is 0 Å². The van der Waals surface area contributed by atoms with Gasteiger partial charge in [0.1, 0.15) is 5.82 Å². The Morgan fingerprint density at radius 1 is 1.57 bits per heavy atom. The summed E-state index contributed by atoms with van der Waals surface area (Å²) < 4.78 is 6.10. The summed E-state index contributed by atoms with van der Waals surface area (Å²) in [4.78, 5) is 1.04. The second-order valence-electron chi connectivity index (χ2n) is 2.66. The molecule has 0 saturated heterocycles. The lowest BCUT2D eigenvalue weighted by Crippen LogP contribution is -1.81. The summed E-state index contributed by atoms with van der Waals surface area (Å²) in [5, 5.41) is 7.55. The topological polar surface area (TPSA) is 63.9 Å². The summed E-state index contributed by atoms with van der Waals surface area (Å²) in [5.41, 5.74) is 6.41. The van der Waals surface area contributed by atoms with Crippen LogP contribution in [0.4, 0.5) is 5.82 Å². The van der Waals surface area contributed by atoms with Gasteiger partial charge in [-0.05, 0) is 22.0 Å². The highest BCUT2D eigenvalue weighted by molar-refractivity contribution is 9.10. The maximum Gasteiger partial charge on any atom is 0.188 e. The zero-order chi connectivity index (χ0) is 10.1. The molecule has 0 bridgehead atoms. The van der Waals surface area contributed by atoms with E-state index in [1.54, 1.807) is 13.2 Å². The van der Waals surface area contributed by atoms with Crippen LogP contribution in [0, 0.1) is 0 Å². The molecule has 0 unspecified atom stereocenters. The number of H-pyrrole nitrogens is 1. The molecule has 74 valence electrons. The molecule has 0 aliphatic carbocycles. The molecule has 2 aromatic rings. The summed E-state index contributed by atoms with van der Waals surface area (Å²) >= 11 is 4.93. The minimum Gasteiger partial charge on any atom is -0.486 e. The van der Waals surface area contributed by atoms with Crippen LogP contribution < -0.4 is 10.5 Å². The predicted molar refractivity (Wildman–Crippen MR) is 60.6 cm³/mol. The van der Waals surface area contributed by atoms with Gasteiger partial charge in [0.15, 0.2) is 5.06 Å². The number of aromatic nitrogens is 2. The highest BCUT2D eigenvalue weighted by atomic mass is 79.9. The zero-order valence-corrected chi connectivity index (χ0v) is 9.78. The van der Waals surface area contributed by atoms with Crippen molar-refractivity contribution < 1.29 is 4.74 Å². The number of nitrogens with two attached hydrogens (primary N) is 1. The number of nitrogens with one attached hydrogen (secondary N) is 1. The first-order valence-corrected chi connectivity index (χ1v) is 5.46. The second kappa shape index (κ2) is 3.62. The average molecular weight is 274 g/mol. The molecular formula is C8H8BrN3OS. The van der Waals surface area contributed by atoms with E-state index in [1.807, 2.05) is 6.07 Å². The Balaban J connectivity index is 2.42. The molecule has 0 aliphatic rings. The molecule has 0 amide bonds. The molecule has 4 nitrogen and oxygen atoms in total. The van der Waals surface area contributed by atoms with Gasteiger partial charge < -0.3 is 10.5 Å². The number of hydrogen-bond donors (Lipinski definition) is 2. The van der Waals surface area contributed by atoms with Gasteiger partial charge in [-0.25, -0.2) is 0 Å². The van der Waals surface area contributed by atoms with Crippen molar-refractivity contribution in [3.63, 3.8) is 0 Å². The van der Waals surface area contributed by atoms with E-state index in [2.05, 4.69) is 26.1 Å². The van der Waals surface area contributed by atoms with Crippen LogP contribution in [0.3, 0.4) is 0 Å². The lowest BCUT2D eigenvalue weighted by atomic mass is 10.3. The number of anilines is 1. The van der Waals surface area contributed by atoms with Crippen LogP contribution in [0.15, 0.2) is 16.6 Å². The van der Waals surface area contributed by atoms with E-state index in [0.717, 1.165) is 20.1 Å². The largest absolute Gasteiger partial charge is 0.486 e. The van der Waals surface area contributed by atoms with Crippen LogP contribution in [-0.2, 0) is 0 Å². The Kier molecular flexibility index (Phi) is 2.47. The quantitative estimate of drug-likeness (QED) is 0.884. The Hall–Kier alpha value is -1.01. The predicted octanol–water partition coefficient (Wildman–Crippen LogP) is 2.49. The first-order valence-electron chi connectivity index (χ1n) is 3.85. The standard InChI is InChI=1S/C8H8BrN3OS/c1-13-8-4(9)2-6(14-8)5-3-7(10)12-11-5/h2-3H,1H3,(H3,10,11,12). The van der Waals surface area contributed by atoms with E-state index in [4.69, 9.17) is 10.5 Å². The third kappa shape index (κ3) is 1.62. The molecule has 2 heterocycles. The van der Waals surface area contributed by atoms with Crippen LogP contribution in [0.2, 0.25) is 0 Å². The van der Waals surface area contributed by atoms with Crippen LogP contribution in [-0.4, -0.2) is 17.3 Å². The van der Waals surface area contributed by atoms with Gasteiger partial charge in [0.05, 0.1) is 22.2 Å². The van der Waals surface area contributed by atoms with E-state index in [0.29, 0.717) is 5.82 Å². The fourth-order valence-electron chi connectivity index (χ4n) is 1.09. The number of rotatable bonds is 2. The van der Waals surface area contributed by atoms with E-state index in [-0.39, 0.29) is 0 Å². The average Bonchev–Trinajstić information content (AvgIpc) is 2.71. The molecule has 2 rings (SSSR count). The van der Waals surface area contributed by atoms with E-state index >= 15 is 0 Å². The summed E-state index contributed by atoms with van der Waals surface area (Å²) in [6.07, 6.45) is 0. The first kappa shape index (κ1) is 9.54. The van der Waals surface area contributed by atoms with Gasteiger partial charge in [-0.3, -0.25) is 5.10 Å². The molecule has 0 radical (unpaired) electrons. The molecule has 0 fully saturated rings. The molecule has 3 N–H and O–H groups in total. The van der Waals surface area contributed by atoms with Crippen molar-refractivity contribution in [1.29, 1.82) is 0 Å². The molecule has 0 spiro atoms. The number of methoxy groups -OCH3 is 1. The summed E-state index contributed by atoms with van der Waals surface area (Å²) in [7, 11) is 1.64. The van der Waals surface area contributed by atoms with Gasteiger partial charge in [0.2, 0.25) is 0 Å². The minimum absolute atomic E-state index is 0.489. The van der Waals surface area contributed by atoms with Gasteiger partial charge in [-0.1, -0.05) is 11.3 Å². The number of nitrogens with zero attached hydrogens (tertiary/aromatic N) is 1. The van der Waals surface area contributed by atoms with Crippen LogP contribution in [0.25, 0.3) is 10.6 Å². The second-order valence-corrected chi connectivity index (χ2v) is 4.53. The first-order chi connectivity index (χ1) is 6.70. The maximum atomic E-state index is 5.51. The van der Waals surface area contributed by atoms with Crippen molar-refractivity contribution in [3.05, 3.63) is 16.6 Å². The fraction of sp³-hybridized carbons (Fsp3) is 0.125. The molecule has 6 heteroatoms. The molecular weight excluding hydrogens is 266 g/mol. The zero-order valence-electron chi connectivity index (χ0n) is 7.37. The highest BCUT2D eigenvalue weighted by Gasteiger charge is 2.10. The van der Waals surface area contributed by atoms with Crippen molar-refractivity contribution in [2.75, 3.05) is 12.8 Å². The lowest BCUT2D eigenvalue weighted by Gasteiger charge is -1.91. The fourth-order valence-corrected chi connectivity index (χ4v) is 2.70. The van der Waals surface area contributed by atoms with Gasteiger partial charge >= 0.3 is 0 Å². The molecule has 0 atom stereocenters. The van der Waals surface area contributed by atoms with Crippen molar-refractivity contribution in [1.82, 2.24) is 10.2 Å². The van der Waals surface area contributed by atoms with Gasteiger partial charge in [-0.15, -0.1) is 0 Å². The van der Waals surface area contributed by atoms with Crippen molar-refractivity contribution >= 4 is 33.1 Å². The third-order valence-corrected chi connectivity index (χ3v) is 3.69. The van der Waals surface area contributed by atoms with Crippen LogP contribution in [0.1, 0.15) is 0 Å². The van der Waals surface area contributed by atoms with Gasteiger partial charge in [-0.2, -0.15) is 5.10 Å². The molecule has 0 aliphatic heterocycles. The summed E-state index contributed by atoms with van der Waals surface area (Å²) in [5.74, 6) is 0.489. The van der Waals surface area contributed by atoms with E-state index < -0.39 is 0 Å². The third-order valence-electron chi connectivity index (χ3n) is 1.70. The van der Waals surface area contributed by atoms with Crippen molar-refractivity contribution in [2.45, 2.75) is 0 Å². The SMILES string of the molecule is COc1sc(-c2cc(N)n[nH]2)cc1Br. The summed E-state index contributed by atoms with van der Waals surface area (Å²) in [6, 6.07) is 3.76. The molecule has 0 aromatic carbocycles. The molecule has 2 aromatic heterocycles. The van der Waals surface area contributed by atoms with Crippen molar-refractivity contribution in [3.8, 4) is 15.6 Å². The number of thiophene rings is 1. The number of ether oxygens (including phenoxy) is 1. The Bertz CT molecular complexity index is 451. The molecule has 14 heavy (non-hydrogen) atoms. The Morgan fingerprint density at radius 2 is 2.36 bits per heavy atom. The van der Waals surface area contributed by atoms with Gasteiger partial charge in [0.25, 0.3) is 0 Å². The number of nitrogen functional groups attached to an aromatic ring is 1. The monoisotopic (exact) mass is 273 g/mol. The van der Waals surface area contributed by atoms with Crippen LogP contribution in [0.5, 0.6) is 5.06 Å². The minimum atomic E-state index is 0.489. The molecule has 0 saturated carbocycles. The van der Waals surface area contributed by atoms with Gasteiger partial charge in [0, 0.05) is 6.07 Å². The summed E-state index contributed by atoms with van der Waals surface area (Å²) in [6.45, 7) is 0. The normalized spacial score (nSPS) is 10.4. The number of hydrogen-bond acceptors (Lipinski definition) is 4. The smallest absolute Gasteiger partial charge is 0.188 e. The van der Waals surface area contributed by atoms with E-state index in [9.17, 15) is 0 Å². The Labute approximate surface area is 93.2 Å². The van der Waals surface area contributed by atoms with Crippen LogP contribution >= 0.6 is 27.3 Å². The lowest BCUT2D eigenvalue weighted by molar-refractivity contribution is 0.425.